The van der Waals surface area contributed by atoms with Crippen molar-refractivity contribution >= 4 is 34.6 Å². The number of aromatic nitrogens is 1. The minimum atomic E-state index is -0.597. The number of amides is 1. The Kier molecular flexibility index (Phi) is 5.83. The van der Waals surface area contributed by atoms with E-state index in [1.165, 1.54) is 0 Å². The van der Waals surface area contributed by atoms with Gasteiger partial charge in [0.2, 0.25) is 5.78 Å². The predicted molar refractivity (Wildman–Crippen MR) is 142 cm³/mol. The van der Waals surface area contributed by atoms with Crippen molar-refractivity contribution in [2.24, 2.45) is 12.8 Å². The standard InChI is InChI=1S/C30H24N2O7/c1-32-14-17(21-12-18(36-2)6-8-23(21)32)11-25-29(35)20-7-9-24-28(30(20)39-25)22(13-27(34)38-24)16-4-3-5-19(10-16)37-15-26(31)33/h3-12,14,22H,13,15H2,1-2H3,(H2,31,33). The lowest BCUT2D eigenvalue weighted by atomic mass is 9.84. The zero-order chi connectivity index (χ0) is 27.3. The number of ether oxygens (including phenoxy) is 4. The first-order valence-corrected chi connectivity index (χ1v) is 12.3. The number of carbonyl (C=O) groups excluding carboxylic acids is 3. The zero-order valence-corrected chi connectivity index (χ0v) is 21.2. The molecule has 0 fully saturated rings. The van der Waals surface area contributed by atoms with Crippen LogP contribution < -0.4 is 24.7 Å². The maximum atomic E-state index is 13.5. The van der Waals surface area contributed by atoms with Crippen LogP contribution in [0.3, 0.4) is 0 Å². The van der Waals surface area contributed by atoms with Gasteiger partial charge < -0.3 is 29.2 Å². The lowest BCUT2D eigenvalue weighted by molar-refractivity contribution is -0.135. The smallest absolute Gasteiger partial charge is 0.312 e. The second-order valence-corrected chi connectivity index (χ2v) is 9.43. The van der Waals surface area contributed by atoms with Gasteiger partial charge in [-0.25, -0.2) is 0 Å². The van der Waals surface area contributed by atoms with Crippen LogP contribution in [0.2, 0.25) is 0 Å². The summed E-state index contributed by atoms with van der Waals surface area (Å²) in [6, 6.07) is 16.0. The van der Waals surface area contributed by atoms with Crippen LogP contribution in [0, 0.1) is 0 Å². The summed E-state index contributed by atoms with van der Waals surface area (Å²) in [5.74, 6) is 0.290. The number of primary amides is 1. The van der Waals surface area contributed by atoms with Gasteiger partial charge in [-0.3, -0.25) is 14.4 Å². The third-order valence-corrected chi connectivity index (χ3v) is 6.94. The minimum absolute atomic E-state index is 0.0441. The molecule has 0 saturated carbocycles. The van der Waals surface area contributed by atoms with E-state index >= 15 is 0 Å². The van der Waals surface area contributed by atoms with E-state index in [4.69, 9.17) is 24.7 Å². The van der Waals surface area contributed by atoms with E-state index in [2.05, 4.69) is 0 Å². The molecule has 0 saturated heterocycles. The minimum Gasteiger partial charge on any atom is -0.497 e. The van der Waals surface area contributed by atoms with Crippen LogP contribution >= 0.6 is 0 Å². The van der Waals surface area contributed by atoms with Gasteiger partial charge in [0.25, 0.3) is 5.91 Å². The highest BCUT2D eigenvalue weighted by atomic mass is 16.5. The first kappa shape index (κ1) is 24.3. The van der Waals surface area contributed by atoms with Crippen molar-refractivity contribution in [1.82, 2.24) is 4.57 Å². The number of Topliss-reactive ketones (excluding diaryl/α,β-unsaturated/α-hetero) is 1. The first-order valence-electron chi connectivity index (χ1n) is 12.3. The molecule has 3 aromatic carbocycles. The van der Waals surface area contributed by atoms with Crippen LogP contribution in [0.4, 0.5) is 0 Å². The van der Waals surface area contributed by atoms with E-state index in [1.807, 2.05) is 42.1 Å². The van der Waals surface area contributed by atoms with Crippen molar-refractivity contribution < 1.29 is 33.3 Å². The molecule has 4 aromatic rings. The Morgan fingerprint density at radius 3 is 2.74 bits per heavy atom. The van der Waals surface area contributed by atoms with Gasteiger partial charge in [-0.05, 0) is 54.1 Å². The second-order valence-electron chi connectivity index (χ2n) is 9.43. The SMILES string of the molecule is COc1ccc2c(c1)c(C=C1Oc3c(ccc4c3C(c3cccc(OCC(N)=O)c3)CC(=O)O4)C1=O)cn2C. The number of rotatable bonds is 6. The van der Waals surface area contributed by atoms with Crippen LogP contribution in [0.25, 0.3) is 17.0 Å². The van der Waals surface area contributed by atoms with Gasteiger partial charge >= 0.3 is 5.97 Å². The number of carbonyl (C=O) groups is 3. The van der Waals surface area contributed by atoms with Gasteiger partial charge in [-0.15, -0.1) is 0 Å². The highest BCUT2D eigenvalue weighted by molar-refractivity contribution is 6.15. The molecule has 1 unspecified atom stereocenters. The summed E-state index contributed by atoms with van der Waals surface area (Å²) in [6.45, 7) is -0.270. The van der Waals surface area contributed by atoms with Crippen LogP contribution in [-0.2, 0) is 16.6 Å². The number of esters is 1. The normalized spacial score (nSPS) is 17.0. The first-order chi connectivity index (χ1) is 18.8. The van der Waals surface area contributed by atoms with E-state index in [-0.39, 0.29) is 24.6 Å². The third kappa shape index (κ3) is 4.27. The maximum Gasteiger partial charge on any atom is 0.312 e. The Bertz CT molecular complexity index is 1720. The molecule has 196 valence electrons. The fourth-order valence-electron chi connectivity index (χ4n) is 5.15. The highest BCUT2D eigenvalue weighted by Crippen LogP contribution is 2.49. The molecule has 3 heterocycles. The monoisotopic (exact) mass is 524 g/mol. The fraction of sp³-hybridized carbons (Fsp3) is 0.167. The molecular formula is C30H24N2O7. The van der Waals surface area contributed by atoms with E-state index in [1.54, 1.807) is 43.5 Å². The molecule has 9 nitrogen and oxygen atoms in total. The van der Waals surface area contributed by atoms with Crippen molar-refractivity contribution in [1.29, 1.82) is 0 Å². The van der Waals surface area contributed by atoms with E-state index < -0.39 is 17.8 Å². The van der Waals surface area contributed by atoms with E-state index in [0.29, 0.717) is 34.1 Å². The van der Waals surface area contributed by atoms with Gasteiger partial charge in [0.15, 0.2) is 12.4 Å². The molecule has 0 radical (unpaired) electrons. The number of methoxy groups -OCH3 is 1. The number of hydrogen-bond donors (Lipinski definition) is 1. The Hall–Kier alpha value is -5.05. The van der Waals surface area contributed by atoms with Gasteiger partial charge in [0, 0.05) is 41.2 Å². The van der Waals surface area contributed by atoms with Crippen molar-refractivity contribution in [2.75, 3.05) is 13.7 Å². The number of nitrogens with zero attached hydrogens (tertiary/aromatic N) is 1. The molecule has 0 spiro atoms. The van der Waals surface area contributed by atoms with Crippen molar-refractivity contribution in [3.05, 3.63) is 88.8 Å². The summed E-state index contributed by atoms with van der Waals surface area (Å²) < 4.78 is 24.6. The molecule has 6 rings (SSSR count). The van der Waals surface area contributed by atoms with Crippen LogP contribution in [0.15, 0.2) is 66.6 Å². The number of benzene rings is 3. The molecule has 0 aliphatic carbocycles. The summed E-state index contributed by atoms with van der Waals surface area (Å²) in [6.07, 6.45) is 3.69. The molecule has 2 aliphatic heterocycles. The van der Waals surface area contributed by atoms with Crippen LogP contribution in [-0.4, -0.2) is 35.9 Å². The molecule has 2 aliphatic rings. The van der Waals surface area contributed by atoms with Crippen molar-refractivity contribution in [3.63, 3.8) is 0 Å². The Labute approximate surface area is 223 Å². The molecule has 39 heavy (non-hydrogen) atoms. The number of fused-ring (bicyclic) bond motifs is 4. The molecule has 1 aromatic heterocycles. The summed E-state index contributed by atoms with van der Waals surface area (Å²) >= 11 is 0. The Morgan fingerprint density at radius 1 is 1.10 bits per heavy atom. The molecule has 0 bridgehead atoms. The predicted octanol–water partition coefficient (Wildman–Crippen LogP) is 4.11. The molecule has 1 amide bonds. The summed E-state index contributed by atoms with van der Waals surface area (Å²) in [5.41, 5.74) is 8.74. The number of hydrogen-bond acceptors (Lipinski definition) is 7. The maximum absolute atomic E-state index is 13.5. The fourth-order valence-corrected chi connectivity index (χ4v) is 5.15. The number of aryl methyl sites for hydroxylation is 1. The molecular weight excluding hydrogens is 500 g/mol. The van der Waals surface area contributed by atoms with Crippen LogP contribution in [0.5, 0.6) is 23.0 Å². The van der Waals surface area contributed by atoms with Gasteiger partial charge in [-0.1, -0.05) is 12.1 Å². The van der Waals surface area contributed by atoms with Gasteiger partial charge in [0.05, 0.1) is 19.1 Å². The number of ketones is 1. The number of nitrogens with two attached hydrogens (primary N) is 1. The van der Waals surface area contributed by atoms with E-state index in [0.717, 1.165) is 22.0 Å². The average molecular weight is 525 g/mol. The molecule has 2 N–H and O–H groups in total. The number of allylic oxidation sites excluding steroid dienone is 1. The van der Waals surface area contributed by atoms with Crippen molar-refractivity contribution in [2.45, 2.75) is 12.3 Å². The third-order valence-electron chi connectivity index (χ3n) is 6.94. The second kappa shape index (κ2) is 9.36. The van der Waals surface area contributed by atoms with Gasteiger partial charge in [-0.2, -0.15) is 0 Å². The summed E-state index contributed by atoms with van der Waals surface area (Å²) in [7, 11) is 3.54. The quantitative estimate of drug-likeness (QED) is 0.229. The summed E-state index contributed by atoms with van der Waals surface area (Å²) in [4.78, 5) is 37.1. The van der Waals surface area contributed by atoms with Gasteiger partial charge in [0.1, 0.15) is 23.0 Å². The average Bonchev–Trinajstić information content (AvgIpc) is 3.42. The molecule has 9 heteroatoms. The molecule has 1 atom stereocenters. The largest absolute Gasteiger partial charge is 0.497 e. The van der Waals surface area contributed by atoms with Crippen molar-refractivity contribution in [3.8, 4) is 23.0 Å². The zero-order valence-electron chi connectivity index (χ0n) is 21.2. The summed E-state index contributed by atoms with van der Waals surface area (Å²) in [5, 5.41) is 0.915. The van der Waals surface area contributed by atoms with E-state index in [9.17, 15) is 14.4 Å². The highest BCUT2D eigenvalue weighted by Gasteiger charge is 2.38. The Morgan fingerprint density at radius 2 is 1.95 bits per heavy atom. The topological polar surface area (TPSA) is 119 Å². The van der Waals surface area contributed by atoms with Crippen LogP contribution in [0.1, 0.15) is 39.4 Å². The lowest BCUT2D eigenvalue weighted by Crippen LogP contribution is -2.22. The lowest BCUT2D eigenvalue weighted by Gasteiger charge is -2.26. The Balaban J connectivity index is 1.41.